The van der Waals surface area contributed by atoms with Crippen LogP contribution in [0.2, 0.25) is 0 Å². The van der Waals surface area contributed by atoms with Crippen LogP contribution in [0.1, 0.15) is 31.7 Å². The van der Waals surface area contributed by atoms with Gasteiger partial charge in [0.1, 0.15) is 5.00 Å². The van der Waals surface area contributed by atoms with Gasteiger partial charge in [-0.2, -0.15) is 0 Å². The van der Waals surface area contributed by atoms with E-state index in [-0.39, 0.29) is 5.91 Å². The van der Waals surface area contributed by atoms with Crippen LogP contribution in [0, 0.1) is 0 Å². The van der Waals surface area contributed by atoms with Gasteiger partial charge in [-0.25, -0.2) is 4.98 Å². The van der Waals surface area contributed by atoms with Crippen molar-refractivity contribution in [3.8, 4) is 0 Å². The summed E-state index contributed by atoms with van der Waals surface area (Å²) in [6, 6.07) is 0. The van der Waals surface area contributed by atoms with Crippen LogP contribution in [0.15, 0.2) is 6.20 Å². The third-order valence-electron chi connectivity index (χ3n) is 1.32. The minimum atomic E-state index is -0.0473. The van der Waals surface area contributed by atoms with Crippen molar-refractivity contribution in [3.63, 3.8) is 0 Å². The summed E-state index contributed by atoms with van der Waals surface area (Å²) in [4.78, 5) is 14.8. The Labute approximate surface area is 75.8 Å². The first-order valence-electron chi connectivity index (χ1n) is 3.83. The van der Waals surface area contributed by atoms with E-state index in [4.69, 9.17) is 0 Å². The third-order valence-corrected chi connectivity index (χ3v) is 2.53. The van der Waals surface area contributed by atoms with Crippen molar-refractivity contribution in [2.75, 3.05) is 5.32 Å². The van der Waals surface area contributed by atoms with Crippen molar-refractivity contribution < 1.29 is 4.79 Å². The molecule has 0 aromatic carbocycles. The lowest BCUT2D eigenvalue weighted by Crippen LogP contribution is -2.03. The lowest BCUT2D eigenvalue weighted by Gasteiger charge is -1.96. The average molecular weight is 184 g/mol. The monoisotopic (exact) mass is 184 g/mol. The number of hydrogen-bond acceptors (Lipinski definition) is 3. The third kappa shape index (κ3) is 2.30. The van der Waals surface area contributed by atoms with E-state index < -0.39 is 0 Å². The quantitative estimate of drug-likeness (QED) is 0.765. The molecule has 0 fully saturated rings. The number of amides is 1. The predicted octanol–water partition coefficient (Wildman–Crippen LogP) is 2.22. The standard InChI is InChI=1S/C8H12N2OS/c1-5(2)8-9-4-7(12-8)10-6(3)11/h4-5H,1-3H3,(H,10,11). The number of carbonyl (C=O) groups is 1. The molecule has 0 radical (unpaired) electrons. The van der Waals surface area contributed by atoms with E-state index in [0.29, 0.717) is 5.92 Å². The van der Waals surface area contributed by atoms with Crippen LogP contribution in [0.25, 0.3) is 0 Å². The van der Waals surface area contributed by atoms with Gasteiger partial charge in [-0.3, -0.25) is 4.79 Å². The summed E-state index contributed by atoms with van der Waals surface area (Å²) in [6.45, 7) is 5.65. The van der Waals surface area contributed by atoms with Gasteiger partial charge in [0.2, 0.25) is 5.91 Å². The fraction of sp³-hybridized carbons (Fsp3) is 0.500. The van der Waals surface area contributed by atoms with E-state index in [1.165, 1.54) is 18.3 Å². The highest BCUT2D eigenvalue weighted by molar-refractivity contribution is 7.15. The fourth-order valence-corrected chi connectivity index (χ4v) is 1.65. The summed E-state index contributed by atoms with van der Waals surface area (Å²) in [5.41, 5.74) is 0. The minimum Gasteiger partial charge on any atom is -0.317 e. The maximum absolute atomic E-state index is 10.7. The Kier molecular flexibility index (Phi) is 2.81. The molecule has 0 aliphatic heterocycles. The van der Waals surface area contributed by atoms with E-state index in [9.17, 15) is 4.79 Å². The van der Waals surface area contributed by atoms with Crippen LogP contribution in [-0.4, -0.2) is 10.9 Å². The fourth-order valence-electron chi connectivity index (χ4n) is 0.786. The maximum atomic E-state index is 10.7. The highest BCUT2D eigenvalue weighted by Gasteiger charge is 2.05. The van der Waals surface area contributed by atoms with E-state index in [1.807, 2.05) is 0 Å². The molecule has 4 heteroatoms. The molecule has 1 aromatic rings. The van der Waals surface area contributed by atoms with Gasteiger partial charge in [-0.1, -0.05) is 13.8 Å². The smallest absolute Gasteiger partial charge is 0.221 e. The zero-order chi connectivity index (χ0) is 9.14. The molecule has 1 amide bonds. The molecule has 0 bridgehead atoms. The lowest BCUT2D eigenvalue weighted by atomic mass is 10.2. The van der Waals surface area contributed by atoms with Crippen LogP contribution >= 0.6 is 11.3 Å². The molecule has 0 saturated heterocycles. The zero-order valence-electron chi connectivity index (χ0n) is 7.42. The number of nitrogens with one attached hydrogen (secondary N) is 1. The number of hydrogen-bond donors (Lipinski definition) is 1. The second kappa shape index (κ2) is 3.67. The number of anilines is 1. The Morgan fingerprint density at radius 3 is 2.75 bits per heavy atom. The molecule has 0 saturated carbocycles. The normalized spacial score (nSPS) is 10.3. The molecule has 12 heavy (non-hydrogen) atoms. The number of aromatic nitrogens is 1. The molecule has 0 aliphatic rings. The Morgan fingerprint density at radius 2 is 2.33 bits per heavy atom. The first kappa shape index (κ1) is 9.19. The topological polar surface area (TPSA) is 42.0 Å². The van der Waals surface area contributed by atoms with Gasteiger partial charge in [-0.05, 0) is 0 Å². The van der Waals surface area contributed by atoms with Crippen molar-refractivity contribution in [2.45, 2.75) is 26.7 Å². The number of nitrogens with zero attached hydrogens (tertiary/aromatic N) is 1. The summed E-state index contributed by atoms with van der Waals surface area (Å²) < 4.78 is 0. The van der Waals surface area contributed by atoms with Gasteiger partial charge in [0.25, 0.3) is 0 Å². The Hall–Kier alpha value is -0.900. The number of rotatable bonds is 2. The van der Waals surface area contributed by atoms with Crippen LogP contribution in [0.5, 0.6) is 0 Å². The Morgan fingerprint density at radius 1 is 1.67 bits per heavy atom. The predicted molar refractivity (Wildman–Crippen MR) is 50.5 cm³/mol. The van der Waals surface area contributed by atoms with E-state index in [0.717, 1.165) is 10.0 Å². The largest absolute Gasteiger partial charge is 0.317 e. The van der Waals surface area contributed by atoms with Gasteiger partial charge in [-0.15, -0.1) is 11.3 Å². The number of carbonyl (C=O) groups excluding carboxylic acids is 1. The van der Waals surface area contributed by atoms with Gasteiger partial charge in [0, 0.05) is 12.8 Å². The van der Waals surface area contributed by atoms with E-state index in [1.54, 1.807) is 6.20 Å². The van der Waals surface area contributed by atoms with Crippen molar-refractivity contribution >= 4 is 22.2 Å². The molecule has 3 nitrogen and oxygen atoms in total. The first-order chi connectivity index (χ1) is 5.59. The molecular weight excluding hydrogens is 172 g/mol. The highest BCUT2D eigenvalue weighted by Crippen LogP contribution is 2.24. The molecule has 0 atom stereocenters. The van der Waals surface area contributed by atoms with Crippen molar-refractivity contribution in [2.24, 2.45) is 0 Å². The SMILES string of the molecule is CC(=O)Nc1cnc(C(C)C)s1. The van der Waals surface area contributed by atoms with Crippen LogP contribution in [0.3, 0.4) is 0 Å². The molecule has 1 rings (SSSR count). The molecule has 0 aliphatic carbocycles. The van der Waals surface area contributed by atoms with Crippen LogP contribution in [-0.2, 0) is 4.79 Å². The maximum Gasteiger partial charge on any atom is 0.221 e. The molecular formula is C8H12N2OS. The van der Waals surface area contributed by atoms with Crippen molar-refractivity contribution in [1.82, 2.24) is 4.98 Å². The van der Waals surface area contributed by atoms with Gasteiger partial charge in [0.05, 0.1) is 11.2 Å². The van der Waals surface area contributed by atoms with Crippen LogP contribution in [0.4, 0.5) is 5.00 Å². The average Bonchev–Trinajstić information content (AvgIpc) is 2.34. The molecule has 0 unspecified atom stereocenters. The summed E-state index contributed by atoms with van der Waals surface area (Å²) >= 11 is 1.53. The second-order valence-corrected chi connectivity index (χ2v) is 3.96. The molecule has 1 aromatic heterocycles. The number of thiazole rings is 1. The van der Waals surface area contributed by atoms with Crippen LogP contribution < -0.4 is 5.32 Å². The molecule has 1 heterocycles. The van der Waals surface area contributed by atoms with E-state index in [2.05, 4.69) is 24.1 Å². The molecule has 0 spiro atoms. The summed E-state index contributed by atoms with van der Waals surface area (Å²) in [5.74, 6) is 0.381. The summed E-state index contributed by atoms with van der Waals surface area (Å²) in [6.07, 6.45) is 1.70. The Bertz CT molecular complexity index is 280. The lowest BCUT2D eigenvalue weighted by molar-refractivity contribution is -0.114. The first-order valence-corrected chi connectivity index (χ1v) is 4.64. The van der Waals surface area contributed by atoms with E-state index >= 15 is 0 Å². The van der Waals surface area contributed by atoms with Crippen molar-refractivity contribution in [3.05, 3.63) is 11.2 Å². The van der Waals surface area contributed by atoms with Gasteiger partial charge < -0.3 is 5.32 Å². The Balaban J connectivity index is 2.70. The van der Waals surface area contributed by atoms with Gasteiger partial charge in [0.15, 0.2) is 0 Å². The molecule has 66 valence electrons. The molecule has 1 N–H and O–H groups in total. The second-order valence-electron chi connectivity index (χ2n) is 2.90. The summed E-state index contributed by atoms with van der Waals surface area (Å²) in [7, 11) is 0. The summed E-state index contributed by atoms with van der Waals surface area (Å²) in [5, 5.41) is 4.58. The van der Waals surface area contributed by atoms with Crippen molar-refractivity contribution in [1.29, 1.82) is 0 Å². The zero-order valence-corrected chi connectivity index (χ0v) is 8.23. The van der Waals surface area contributed by atoms with Gasteiger partial charge >= 0.3 is 0 Å². The minimum absolute atomic E-state index is 0.0473. The highest BCUT2D eigenvalue weighted by atomic mass is 32.1.